The summed E-state index contributed by atoms with van der Waals surface area (Å²) in [7, 11) is 0. The minimum atomic E-state index is -0.438. The average molecular weight is 361 g/mol. The summed E-state index contributed by atoms with van der Waals surface area (Å²) in [5, 5.41) is 4.33. The second-order valence-corrected chi connectivity index (χ2v) is 6.86. The first kappa shape index (κ1) is 17.3. The van der Waals surface area contributed by atoms with Gasteiger partial charge in [0.15, 0.2) is 0 Å². The number of primary amides is 1. The van der Waals surface area contributed by atoms with E-state index in [-0.39, 0.29) is 0 Å². The minimum Gasteiger partial charge on any atom is -0.366 e. The molecule has 138 valence electrons. The highest BCUT2D eigenvalue weighted by molar-refractivity contribution is 5.93. The third kappa shape index (κ3) is 3.84. The lowest BCUT2D eigenvalue weighted by Crippen LogP contribution is -2.25. The van der Waals surface area contributed by atoms with Crippen LogP contribution in [0.3, 0.4) is 0 Å². The number of hydrogen-bond acceptors (Lipinski definition) is 5. The molecular weight excluding hydrogens is 338 g/mol. The molecule has 3 N–H and O–H groups in total. The molecule has 1 fully saturated rings. The highest BCUT2D eigenvalue weighted by Crippen LogP contribution is 2.28. The fraction of sp³-hybridized carbons (Fsp3) is 0.286. The maximum absolute atomic E-state index is 11.2. The van der Waals surface area contributed by atoms with Gasteiger partial charge in [-0.1, -0.05) is 25.0 Å². The topological polar surface area (TPSA) is 84.1 Å². The van der Waals surface area contributed by atoms with Gasteiger partial charge in [-0.05, 0) is 49.2 Å². The van der Waals surface area contributed by atoms with E-state index in [4.69, 9.17) is 10.7 Å². The van der Waals surface area contributed by atoms with Gasteiger partial charge in [0.25, 0.3) is 0 Å². The summed E-state index contributed by atoms with van der Waals surface area (Å²) in [5.41, 5.74) is 7.52. The number of carbonyl (C=O) groups is 1. The van der Waals surface area contributed by atoms with Gasteiger partial charge in [-0.3, -0.25) is 4.79 Å². The van der Waals surface area contributed by atoms with Crippen molar-refractivity contribution in [1.29, 1.82) is 0 Å². The van der Waals surface area contributed by atoms with E-state index < -0.39 is 5.91 Å². The smallest absolute Gasteiger partial charge is 0.248 e. The molecule has 27 heavy (non-hydrogen) atoms. The Labute approximate surface area is 158 Å². The van der Waals surface area contributed by atoms with Crippen LogP contribution in [-0.4, -0.2) is 29.0 Å². The van der Waals surface area contributed by atoms with E-state index in [1.165, 1.54) is 25.7 Å². The second kappa shape index (κ2) is 7.61. The van der Waals surface area contributed by atoms with E-state index in [1.54, 1.807) is 12.1 Å². The van der Waals surface area contributed by atoms with Gasteiger partial charge >= 0.3 is 0 Å². The van der Waals surface area contributed by atoms with Crippen molar-refractivity contribution in [2.75, 3.05) is 23.3 Å². The van der Waals surface area contributed by atoms with Gasteiger partial charge in [-0.15, -0.1) is 0 Å². The Kier molecular flexibility index (Phi) is 4.87. The fourth-order valence-electron chi connectivity index (χ4n) is 3.49. The maximum Gasteiger partial charge on any atom is 0.248 e. The number of nitrogens with two attached hydrogens (primary N) is 1. The first-order chi connectivity index (χ1) is 13.2. The lowest BCUT2D eigenvalue weighted by molar-refractivity contribution is 0.100. The Bertz CT molecular complexity index is 946. The Morgan fingerprint density at radius 2 is 1.63 bits per heavy atom. The van der Waals surface area contributed by atoms with Gasteiger partial charge < -0.3 is 16.0 Å². The predicted molar refractivity (Wildman–Crippen MR) is 108 cm³/mol. The third-order valence-electron chi connectivity index (χ3n) is 4.91. The number of fused-ring (bicyclic) bond motifs is 1. The molecule has 0 unspecified atom stereocenters. The van der Waals surface area contributed by atoms with Crippen LogP contribution in [0.1, 0.15) is 36.0 Å². The predicted octanol–water partition coefficient (Wildman–Crippen LogP) is 3.85. The number of anilines is 3. The van der Waals surface area contributed by atoms with E-state index in [2.05, 4.69) is 21.3 Å². The van der Waals surface area contributed by atoms with Crippen LogP contribution in [-0.2, 0) is 0 Å². The molecule has 1 amide bonds. The first-order valence-corrected chi connectivity index (χ1v) is 9.39. The van der Waals surface area contributed by atoms with E-state index in [0.717, 1.165) is 35.5 Å². The number of amides is 1. The highest BCUT2D eigenvalue weighted by atomic mass is 16.1. The normalized spacial score (nSPS) is 14.7. The quantitative estimate of drug-likeness (QED) is 0.737. The molecule has 0 spiro atoms. The molecule has 2 heterocycles. The number of benzene rings is 2. The highest BCUT2D eigenvalue weighted by Gasteiger charge is 2.16. The van der Waals surface area contributed by atoms with Crippen molar-refractivity contribution in [2.24, 2.45) is 5.73 Å². The van der Waals surface area contributed by atoms with Crippen molar-refractivity contribution in [3.05, 3.63) is 54.1 Å². The van der Waals surface area contributed by atoms with Gasteiger partial charge in [0, 0.05) is 29.7 Å². The van der Waals surface area contributed by atoms with E-state index in [0.29, 0.717) is 11.5 Å². The van der Waals surface area contributed by atoms with Gasteiger partial charge in [0.05, 0.1) is 5.52 Å². The number of rotatable bonds is 4. The molecule has 6 nitrogen and oxygen atoms in total. The molecule has 1 aliphatic rings. The molecular formula is C21H23N5O. The standard InChI is InChI=1S/C21H23N5O/c22-19(27)15-9-11-16(12-10-15)23-21-24-18-8-4-3-7-17(18)20(25-21)26-13-5-1-2-6-14-26/h3-4,7-12H,1-2,5-6,13-14H2,(H2,22,27)(H,23,24,25). The molecule has 6 heteroatoms. The Balaban J connectivity index is 1.69. The molecule has 1 aliphatic heterocycles. The van der Waals surface area contributed by atoms with Gasteiger partial charge in [0.2, 0.25) is 11.9 Å². The van der Waals surface area contributed by atoms with Crippen LogP contribution in [0.2, 0.25) is 0 Å². The van der Waals surface area contributed by atoms with Crippen LogP contribution < -0.4 is 16.0 Å². The van der Waals surface area contributed by atoms with Gasteiger partial charge in [-0.25, -0.2) is 4.98 Å². The zero-order chi connectivity index (χ0) is 18.6. The maximum atomic E-state index is 11.2. The largest absolute Gasteiger partial charge is 0.366 e. The van der Waals surface area contributed by atoms with Crippen LogP contribution in [0.4, 0.5) is 17.5 Å². The molecule has 0 atom stereocenters. The van der Waals surface area contributed by atoms with Crippen LogP contribution >= 0.6 is 0 Å². The number of para-hydroxylation sites is 1. The molecule has 3 aromatic rings. The summed E-state index contributed by atoms with van der Waals surface area (Å²) < 4.78 is 0. The lowest BCUT2D eigenvalue weighted by atomic mass is 10.2. The van der Waals surface area contributed by atoms with Crippen LogP contribution in [0.15, 0.2) is 48.5 Å². The molecule has 0 radical (unpaired) electrons. The van der Waals surface area contributed by atoms with E-state index in [9.17, 15) is 4.79 Å². The molecule has 4 rings (SSSR count). The lowest BCUT2D eigenvalue weighted by Gasteiger charge is -2.23. The molecule has 1 saturated heterocycles. The summed E-state index contributed by atoms with van der Waals surface area (Å²) in [6, 6.07) is 15.1. The second-order valence-electron chi connectivity index (χ2n) is 6.86. The molecule has 1 aromatic heterocycles. The molecule has 0 saturated carbocycles. The Morgan fingerprint density at radius 3 is 2.33 bits per heavy atom. The summed E-state index contributed by atoms with van der Waals surface area (Å²) in [5.74, 6) is 1.10. The fourth-order valence-corrected chi connectivity index (χ4v) is 3.49. The zero-order valence-electron chi connectivity index (χ0n) is 15.2. The van der Waals surface area contributed by atoms with Crippen molar-refractivity contribution in [1.82, 2.24) is 9.97 Å². The Hall–Kier alpha value is -3.15. The summed E-state index contributed by atoms with van der Waals surface area (Å²) in [6.07, 6.45) is 4.93. The van der Waals surface area contributed by atoms with E-state index >= 15 is 0 Å². The van der Waals surface area contributed by atoms with Gasteiger partial charge in [-0.2, -0.15) is 4.98 Å². The van der Waals surface area contributed by atoms with E-state index in [1.807, 2.05) is 30.3 Å². The molecule has 0 aliphatic carbocycles. The Morgan fingerprint density at radius 1 is 0.926 bits per heavy atom. The number of nitrogens with zero attached hydrogens (tertiary/aromatic N) is 3. The van der Waals surface area contributed by atoms with Crippen molar-refractivity contribution < 1.29 is 4.79 Å². The summed E-state index contributed by atoms with van der Waals surface area (Å²) >= 11 is 0. The SMILES string of the molecule is NC(=O)c1ccc(Nc2nc(N3CCCCCC3)c3ccccc3n2)cc1. The van der Waals surface area contributed by atoms with Crippen LogP contribution in [0.25, 0.3) is 10.9 Å². The summed E-state index contributed by atoms with van der Waals surface area (Å²) in [6.45, 7) is 2.04. The molecule has 0 bridgehead atoms. The van der Waals surface area contributed by atoms with Crippen LogP contribution in [0, 0.1) is 0 Å². The summed E-state index contributed by atoms with van der Waals surface area (Å²) in [4.78, 5) is 23.1. The van der Waals surface area contributed by atoms with Crippen molar-refractivity contribution in [2.45, 2.75) is 25.7 Å². The monoisotopic (exact) mass is 361 g/mol. The van der Waals surface area contributed by atoms with Crippen molar-refractivity contribution in [3.8, 4) is 0 Å². The average Bonchev–Trinajstić information content (AvgIpc) is 2.97. The minimum absolute atomic E-state index is 0.438. The number of carbonyl (C=O) groups excluding carboxylic acids is 1. The molecule has 2 aromatic carbocycles. The third-order valence-corrected chi connectivity index (χ3v) is 4.91. The first-order valence-electron chi connectivity index (χ1n) is 9.39. The van der Waals surface area contributed by atoms with Crippen molar-refractivity contribution in [3.63, 3.8) is 0 Å². The van der Waals surface area contributed by atoms with Crippen molar-refractivity contribution >= 4 is 34.3 Å². The number of nitrogens with one attached hydrogen (secondary N) is 1. The zero-order valence-corrected chi connectivity index (χ0v) is 15.2. The number of aromatic nitrogens is 2. The number of hydrogen-bond donors (Lipinski definition) is 2. The van der Waals surface area contributed by atoms with Crippen LogP contribution in [0.5, 0.6) is 0 Å². The van der Waals surface area contributed by atoms with Gasteiger partial charge in [0.1, 0.15) is 5.82 Å².